The Morgan fingerprint density at radius 3 is 1.41 bits per heavy atom. The van der Waals surface area contributed by atoms with Crippen LogP contribution in [-0.4, -0.2) is 0 Å². The monoisotopic (exact) mass is 669 g/mol. The zero-order valence-corrected chi connectivity index (χ0v) is 29.4. The molecule has 0 saturated carbocycles. The molecular weight excluding hydrogens is 635 g/mol. The first kappa shape index (κ1) is 30.0. The summed E-state index contributed by atoms with van der Waals surface area (Å²) >= 11 is 1.82. The first-order valence-corrected chi connectivity index (χ1v) is 18.5. The van der Waals surface area contributed by atoms with Crippen LogP contribution in [0.3, 0.4) is 0 Å². The molecule has 0 N–H and O–H groups in total. The van der Waals surface area contributed by atoms with Crippen molar-refractivity contribution in [2.75, 3.05) is 4.90 Å². The van der Waals surface area contributed by atoms with E-state index < -0.39 is 0 Å². The van der Waals surface area contributed by atoms with Gasteiger partial charge >= 0.3 is 0 Å². The maximum absolute atomic E-state index is 2.41. The fourth-order valence-electron chi connectivity index (χ4n) is 8.45. The molecule has 10 rings (SSSR count). The van der Waals surface area contributed by atoms with Crippen LogP contribution in [0.5, 0.6) is 0 Å². The number of fused-ring (bicyclic) bond motifs is 9. The van der Waals surface area contributed by atoms with E-state index in [1.807, 2.05) is 11.8 Å². The van der Waals surface area contributed by atoms with Gasteiger partial charge in [0.25, 0.3) is 0 Å². The third kappa shape index (κ3) is 4.93. The maximum Gasteiger partial charge on any atom is 0.0468 e. The molecule has 0 aliphatic heterocycles. The maximum atomic E-state index is 2.41. The van der Waals surface area contributed by atoms with E-state index in [-0.39, 0.29) is 5.41 Å². The van der Waals surface area contributed by atoms with Crippen LogP contribution in [0.15, 0.2) is 186 Å². The molecule has 51 heavy (non-hydrogen) atoms. The van der Waals surface area contributed by atoms with E-state index in [0.717, 1.165) is 17.1 Å². The Labute approximate surface area is 302 Å². The number of hydrogen-bond donors (Lipinski definition) is 0. The molecule has 0 spiro atoms. The van der Waals surface area contributed by atoms with Crippen molar-refractivity contribution in [3.8, 4) is 11.1 Å². The van der Waals surface area contributed by atoms with Gasteiger partial charge in [-0.3, -0.25) is 0 Å². The molecule has 0 unspecified atom stereocenters. The first-order valence-electron chi connectivity index (χ1n) is 17.7. The molecule has 0 saturated heterocycles. The van der Waals surface area contributed by atoms with Crippen molar-refractivity contribution in [1.29, 1.82) is 0 Å². The highest BCUT2D eigenvalue weighted by atomic mass is 32.2. The molecule has 1 aliphatic rings. The zero-order chi connectivity index (χ0) is 34.1. The molecule has 0 amide bonds. The van der Waals surface area contributed by atoms with E-state index in [1.165, 1.54) is 75.1 Å². The number of rotatable bonds is 5. The van der Waals surface area contributed by atoms with Crippen molar-refractivity contribution in [3.05, 3.63) is 187 Å². The second-order valence-corrected chi connectivity index (χ2v) is 15.3. The Kier molecular flexibility index (Phi) is 6.84. The van der Waals surface area contributed by atoms with Crippen molar-refractivity contribution < 1.29 is 0 Å². The third-order valence-electron chi connectivity index (χ3n) is 10.8. The van der Waals surface area contributed by atoms with Crippen LogP contribution in [0.1, 0.15) is 25.0 Å². The number of hydrogen-bond acceptors (Lipinski definition) is 2. The molecule has 1 aliphatic carbocycles. The Bertz CT molecular complexity index is 2740. The van der Waals surface area contributed by atoms with Crippen LogP contribution < -0.4 is 4.90 Å². The van der Waals surface area contributed by atoms with E-state index in [1.54, 1.807) is 0 Å². The summed E-state index contributed by atoms with van der Waals surface area (Å²) in [4.78, 5) is 4.93. The van der Waals surface area contributed by atoms with Gasteiger partial charge in [0.1, 0.15) is 0 Å². The predicted molar refractivity (Wildman–Crippen MR) is 219 cm³/mol. The lowest BCUT2D eigenvalue weighted by atomic mass is 9.78. The quantitative estimate of drug-likeness (QED) is 0.179. The van der Waals surface area contributed by atoms with Gasteiger partial charge in [-0.15, -0.1) is 0 Å². The second-order valence-electron chi connectivity index (χ2n) is 14.2. The lowest BCUT2D eigenvalue weighted by molar-refractivity contribution is 0.672. The van der Waals surface area contributed by atoms with Gasteiger partial charge in [0.05, 0.1) is 0 Å². The van der Waals surface area contributed by atoms with Crippen molar-refractivity contribution in [2.45, 2.75) is 29.1 Å². The smallest absolute Gasteiger partial charge is 0.0468 e. The van der Waals surface area contributed by atoms with Crippen LogP contribution >= 0.6 is 11.8 Å². The van der Waals surface area contributed by atoms with Crippen molar-refractivity contribution in [3.63, 3.8) is 0 Å². The fourth-order valence-corrected chi connectivity index (χ4v) is 9.34. The summed E-state index contributed by atoms with van der Waals surface area (Å²) in [6.45, 7) is 4.82. The average Bonchev–Trinajstić information content (AvgIpc) is 3.41. The molecule has 2 heteroatoms. The Morgan fingerprint density at radius 2 is 0.824 bits per heavy atom. The normalized spacial score (nSPS) is 13.1. The minimum atomic E-state index is -0.157. The molecule has 0 radical (unpaired) electrons. The Morgan fingerprint density at radius 1 is 0.373 bits per heavy atom. The molecule has 0 heterocycles. The summed E-state index contributed by atoms with van der Waals surface area (Å²) in [6.07, 6.45) is 0. The van der Waals surface area contributed by atoms with Crippen molar-refractivity contribution in [2.24, 2.45) is 0 Å². The summed E-state index contributed by atoms with van der Waals surface area (Å²) in [5.74, 6) is 0. The van der Waals surface area contributed by atoms with Gasteiger partial charge < -0.3 is 4.90 Å². The van der Waals surface area contributed by atoms with Gasteiger partial charge in [-0.05, 0) is 126 Å². The molecule has 0 fully saturated rings. The highest BCUT2D eigenvalue weighted by Gasteiger charge is 2.38. The highest BCUT2D eigenvalue weighted by Crippen LogP contribution is 2.54. The average molecular weight is 670 g/mol. The molecule has 0 aromatic heterocycles. The first-order chi connectivity index (χ1) is 25.0. The number of anilines is 3. The van der Waals surface area contributed by atoms with E-state index in [4.69, 9.17) is 0 Å². The summed E-state index contributed by atoms with van der Waals surface area (Å²) < 4.78 is 0. The molecule has 0 atom stereocenters. The van der Waals surface area contributed by atoms with Crippen molar-refractivity contribution >= 4 is 71.9 Å². The molecule has 242 valence electrons. The number of nitrogens with zero attached hydrogens (tertiary/aromatic N) is 1. The number of benzene rings is 9. The molecule has 9 aromatic rings. The van der Waals surface area contributed by atoms with Gasteiger partial charge in [-0.25, -0.2) is 0 Å². The lowest BCUT2D eigenvalue weighted by Crippen LogP contribution is -2.16. The van der Waals surface area contributed by atoms with Crippen LogP contribution in [0, 0.1) is 0 Å². The van der Waals surface area contributed by atoms with Crippen LogP contribution in [0.2, 0.25) is 0 Å². The van der Waals surface area contributed by atoms with E-state index in [9.17, 15) is 0 Å². The van der Waals surface area contributed by atoms with E-state index in [2.05, 4.69) is 195 Å². The van der Waals surface area contributed by atoms with Gasteiger partial charge in [0, 0.05) is 32.3 Å². The second kappa shape index (κ2) is 11.6. The zero-order valence-electron chi connectivity index (χ0n) is 28.6. The van der Waals surface area contributed by atoms with Crippen molar-refractivity contribution in [1.82, 2.24) is 0 Å². The summed E-state index contributed by atoms with van der Waals surface area (Å²) in [6, 6.07) is 64.8. The molecule has 9 aromatic carbocycles. The van der Waals surface area contributed by atoms with Gasteiger partial charge in [0.2, 0.25) is 0 Å². The van der Waals surface area contributed by atoms with Gasteiger partial charge in [-0.1, -0.05) is 141 Å². The Balaban J connectivity index is 1.10. The molecule has 1 nitrogen and oxygen atoms in total. The summed E-state index contributed by atoms with van der Waals surface area (Å²) in [5, 5.41) is 10.2. The molecule has 0 bridgehead atoms. The Hall–Kier alpha value is -5.83. The lowest BCUT2D eigenvalue weighted by Gasteiger charge is -2.28. The topological polar surface area (TPSA) is 3.24 Å². The van der Waals surface area contributed by atoms with Crippen LogP contribution in [0.4, 0.5) is 17.1 Å². The van der Waals surface area contributed by atoms with Crippen LogP contribution in [0.25, 0.3) is 54.2 Å². The predicted octanol–water partition coefficient (Wildman–Crippen LogP) is 14.2. The largest absolute Gasteiger partial charge is 0.310 e. The van der Waals surface area contributed by atoms with E-state index >= 15 is 0 Å². The minimum absolute atomic E-state index is 0.157. The van der Waals surface area contributed by atoms with E-state index in [0.29, 0.717) is 0 Å². The highest BCUT2D eigenvalue weighted by molar-refractivity contribution is 7.99. The third-order valence-corrected chi connectivity index (χ3v) is 11.8. The summed E-state index contributed by atoms with van der Waals surface area (Å²) in [5.41, 5.74) is 8.83. The SMILES string of the molecule is CC1(C)c2c(ccc3cc(Sc4ccccc4)ccc23)-c2ccc3cc(N(c4ccc5ccccc5c4)c4ccc5ccccc5c4)ccc3c21. The molecular formula is C49H35NS. The van der Waals surface area contributed by atoms with Gasteiger partial charge in [-0.2, -0.15) is 0 Å². The van der Waals surface area contributed by atoms with Crippen LogP contribution in [-0.2, 0) is 5.41 Å². The minimum Gasteiger partial charge on any atom is -0.310 e. The fraction of sp³-hybridized carbons (Fsp3) is 0.0612. The van der Waals surface area contributed by atoms with Gasteiger partial charge in [0.15, 0.2) is 0 Å². The summed E-state index contributed by atoms with van der Waals surface area (Å²) in [7, 11) is 0. The standard InChI is InChI=1S/C49H35NS/c1-49(2)47-43-26-22-40(50(38-20-16-32-10-6-8-12-34(32)28-38)39-21-17-33-11-7-9-13-35(33)29-39)30-36(43)18-24-45(47)46-25-19-37-31-42(23-27-44(37)48(46)49)51-41-14-4-3-5-15-41/h3-31H,1-2H3.